The highest BCUT2D eigenvalue weighted by Crippen LogP contribution is 2.47. The summed E-state index contributed by atoms with van der Waals surface area (Å²) in [6, 6.07) is 0. The highest BCUT2D eigenvalue weighted by atomic mass is 32.2. The minimum absolute atomic E-state index is 0.165. The minimum Gasteiger partial charge on any atom is -0.229 e. The summed E-state index contributed by atoms with van der Waals surface area (Å²) in [6.07, 6.45) is 7.21. The van der Waals surface area contributed by atoms with E-state index in [4.69, 9.17) is 0 Å². The lowest BCUT2D eigenvalue weighted by atomic mass is 9.65. The Morgan fingerprint density at radius 3 is 1.43 bits per heavy atom. The molecule has 2 fully saturated rings. The first-order valence-electron chi connectivity index (χ1n) is 9.65. The first-order chi connectivity index (χ1) is 10.4. The molecule has 4 unspecified atom stereocenters. The van der Waals surface area contributed by atoms with Crippen LogP contribution in [-0.2, 0) is 9.84 Å². The Balaban J connectivity index is 2.12. The van der Waals surface area contributed by atoms with Crippen LogP contribution < -0.4 is 0 Å². The van der Waals surface area contributed by atoms with Crippen molar-refractivity contribution in [1.29, 1.82) is 0 Å². The van der Waals surface area contributed by atoms with E-state index in [1.165, 1.54) is 38.5 Å². The monoisotopic (exact) mass is 342 g/mol. The van der Waals surface area contributed by atoms with Gasteiger partial charge in [0, 0.05) is 0 Å². The summed E-state index contributed by atoms with van der Waals surface area (Å²) in [5.74, 6) is 2.52. The smallest absolute Gasteiger partial charge is 0.150 e. The molecule has 136 valence electrons. The van der Waals surface area contributed by atoms with Crippen molar-refractivity contribution in [3.63, 3.8) is 0 Å². The van der Waals surface area contributed by atoms with E-state index in [0.717, 1.165) is 0 Å². The Morgan fingerprint density at radius 2 is 1.13 bits per heavy atom. The lowest BCUT2D eigenvalue weighted by Crippen LogP contribution is -2.42. The summed E-state index contributed by atoms with van der Waals surface area (Å²) < 4.78 is 26.1. The third-order valence-electron chi connectivity index (χ3n) is 7.21. The molecule has 3 heteroatoms. The molecule has 0 aliphatic heterocycles. The molecule has 2 aliphatic carbocycles. The van der Waals surface area contributed by atoms with Crippen LogP contribution in [0, 0.1) is 34.5 Å². The molecule has 0 heterocycles. The van der Waals surface area contributed by atoms with E-state index in [0.29, 0.717) is 35.2 Å². The molecule has 0 saturated heterocycles. The van der Waals surface area contributed by atoms with Gasteiger partial charge in [0.15, 0.2) is 9.84 Å². The van der Waals surface area contributed by atoms with E-state index >= 15 is 0 Å². The quantitative estimate of drug-likeness (QED) is 0.692. The highest BCUT2D eigenvalue weighted by molar-refractivity contribution is 7.91. The molecule has 0 N–H and O–H groups in total. The van der Waals surface area contributed by atoms with Crippen molar-refractivity contribution in [1.82, 2.24) is 0 Å². The minimum atomic E-state index is -2.99. The van der Waals surface area contributed by atoms with E-state index in [9.17, 15) is 8.42 Å². The van der Waals surface area contributed by atoms with Gasteiger partial charge in [0.05, 0.1) is 11.5 Å². The van der Waals surface area contributed by atoms with Gasteiger partial charge in [-0.3, -0.25) is 0 Å². The number of sulfone groups is 1. The Hall–Kier alpha value is -0.0500. The number of hydrogen-bond donors (Lipinski definition) is 0. The number of hydrogen-bond acceptors (Lipinski definition) is 2. The Bertz CT molecular complexity index is 464. The Morgan fingerprint density at radius 1 is 0.783 bits per heavy atom. The van der Waals surface area contributed by atoms with E-state index in [2.05, 4.69) is 41.5 Å². The van der Waals surface area contributed by atoms with Crippen LogP contribution in [0.4, 0.5) is 0 Å². The maximum atomic E-state index is 13.0. The van der Waals surface area contributed by atoms with Gasteiger partial charge in [-0.15, -0.1) is 0 Å². The van der Waals surface area contributed by atoms with Crippen molar-refractivity contribution in [3.05, 3.63) is 0 Å². The summed E-state index contributed by atoms with van der Waals surface area (Å²) in [6.45, 7) is 13.6. The summed E-state index contributed by atoms with van der Waals surface area (Å²) >= 11 is 0. The first-order valence-corrected chi connectivity index (χ1v) is 11.5. The Labute approximate surface area is 144 Å². The van der Waals surface area contributed by atoms with Gasteiger partial charge in [0.1, 0.15) is 0 Å². The summed E-state index contributed by atoms with van der Waals surface area (Å²) in [4.78, 5) is 0. The van der Waals surface area contributed by atoms with Crippen molar-refractivity contribution >= 4 is 9.84 Å². The maximum absolute atomic E-state index is 13.0. The van der Waals surface area contributed by atoms with Gasteiger partial charge in [-0.2, -0.15) is 0 Å². The van der Waals surface area contributed by atoms with E-state index < -0.39 is 9.84 Å². The number of rotatable bonds is 4. The molecule has 4 atom stereocenters. The van der Waals surface area contributed by atoms with Crippen LogP contribution in [0.2, 0.25) is 0 Å². The van der Waals surface area contributed by atoms with Crippen LogP contribution in [0.1, 0.15) is 80.1 Å². The van der Waals surface area contributed by atoms with Gasteiger partial charge in [0.25, 0.3) is 0 Å². The molecule has 0 aromatic carbocycles. The van der Waals surface area contributed by atoms with Crippen LogP contribution in [0.25, 0.3) is 0 Å². The van der Waals surface area contributed by atoms with Gasteiger partial charge in [0.2, 0.25) is 0 Å². The summed E-state index contributed by atoms with van der Waals surface area (Å²) in [7, 11) is -2.99. The lowest BCUT2D eigenvalue weighted by Gasteiger charge is -2.45. The van der Waals surface area contributed by atoms with Gasteiger partial charge < -0.3 is 0 Å². The average Bonchev–Trinajstić information content (AvgIpc) is 2.38. The van der Waals surface area contributed by atoms with Crippen molar-refractivity contribution in [3.8, 4) is 0 Å². The van der Waals surface area contributed by atoms with Crippen LogP contribution in [0.3, 0.4) is 0 Å². The average molecular weight is 343 g/mol. The summed E-state index contributed by atoms with van der Waals surface area (Å²) in [5.41, 5.74) is 0.330. The molecule has 2 aliphatic rings. The van der Waals surface area contributed by atoms with Crippen molar-refractivity contribution in [2.24, 2.45) is 34.5 Å². The zero-order chi connectivity index (χ0) is 17.5. The molecular formula is C20H38O2S. The second-order valence-corrected chi connectivity index (χ2v) is 12.2. The molecule has 0 aromatic rings. The molecule has 2 saturated carbocycles. The third-order valence-corrected chi connectivity index (χ3v) is 8.94. The highest BCUT2D eigenvalue weighted by Gasteiger charge is 2.43. The maximum Gasteiger partial charge on any atom is 0.150 e. The van der Waals surface area contributed by atoms with Crippen molar-refractivity contribution < 1.29 is 8.42 Å². The largest absolute Gasteiger partial charge is 0.229 e. The SMILES string of the molecule is CC1CCCC(C)(C)C1CS(=O)(=O)CC1C(C)CCCC1(C)C. The third kappa shape index (κ3) is 4.52. The van der Waals surface area contributed by atoms with Gasteiger partial charge in [-0.1, -0.05) is 67.2 Å². The van der Waals surface area contributed by atoms with Gasteiger partial charge in [-0.25, -0.2) is 8.42 Å². The molecule has 2 rings (SSSR count). The van der Waals surface area contributed by atoms with Gasteiger partial charge >= 0.3 is 0 Å². The van der Waals surface area contributed by atoms with Crippen LogP contribution >= 0.6 is 0 Å². The zero-order valence-electron chi connectivity index (χ0n) is 16.2. The van der Waals surface area contributed by atoms with Crippen LogP contribution in [-0.4, -0.2) is 19.9 Å². The van der Waals surface area contributed by atoms with Crippen LogP contribution in [0.15, 0.2) is 0 Å². The zero-order valence-corrected chi connectivity index (χ0v) is 17.0. The first kappa shape index (κ1) is 19.3. The molecule has 0 bridgehead atoms. The van der Waals surface area contributed by atoms with Crippen molar-refractivity contribution in [2.75, 3.05) is 11.5 Å². The predicted molar refractivity (Wildman–Crippen MR) is 99.2 cm³/mol. The molecule has 0 radical (unpaired) electrons. The normalized spacial score (nSPS) is 37.5. The molecule has 0 spiro atoms. The molecule has 23 heavy (non-hydrogen) atoms. The Kier molecular flexibility index (Phi) is 5.61. The molecule has 0 aromatic heterocycles. The lowest BCUT2D eigenvalue weighted by molar-refractivity contribution is 0.0959. The fourth-order valence-electron chi connectivity index (χ4n) is 5.47. The van der Waals surface area contributed by atoms with E-state index in [1.807, 2.05) is 0 Å². The topological polar surface area (TPSA) is 34.1 Å². The predicted octanol–water partition coefficient (Wildman–Crippen LogP) is 5.33. The molecular weight excluding hydrogens is 304 g/mol. The van der Waals surface area contributed by atoms with E-state index in [1.54, 1.807) is 0 Å². The van der Waals surface area contributed by atoms with Gasteiger partial charge in [-0.05, 0) is 47.3 Å². The van der Waals surface area contributed by atoms with Crippen molar-refractivity contribution in [2.45, 2.75) is 80.1 Å². The second-order valence-electron chi connectivity index (χ2n) is 10.0. The second kappa shape index (κ2) is 6.69. The van der Waals surface area contributed by atoms with Crippen LogP contribution in [0.5, 0.6) is 0 Å². The molecule has 2 nitrogen and oxygen atoms in total. The fraction of sp³-hybridized carbons (Fsp3) is 1.00. The standard InChI is InChI=1S/C20H38O2S/c1-15-9-7-11-19(3,4)17(15)13-23(21,22)14-18-16(2)10-8-12-20(18,5)6/h15-18H,7-14H2,1-6H3. The van der Waals surface area contributed by atoms with E-state index in [-0.39, 0.29) is 10.8 Å². The fourth-order valence-corrected chi connectivity index (χ4v) is 8.26. The molecule has 0 amide bonds. The summed E-state index contributed by atoms with van der Waals surface area (Å²) in [5, 5.41) is 0.